The van der Waals surface area contributed by atoms with Gasteiger partial charge in [0.1, 0.15) is 60.0 Å². The molecule has 2 saturated heterocycles. The Morgan fingerprint density at radius 2 is 1.13 bits per heavy atom. The molecule has 5 aliphatic rings. The van der Waals surface area contributed by atoms with Gasteiger partial charge in [0.15, 0.2) is 6.10 Å². The molecule has 12 rings (SSSR count). The first-order valence-corrected chi connectivity index (χ1v) is 24.9. The molecule has 4 atom stereocenters. The summed E-state index contributed by atoms with van der Waals surface area (Å²) in [6.07, 6.45) is -10.2. The van der Waals surface area contributed by atoms with Gasteiger partial charge in [0.2, 0.25) is 0 Å². The van der Waals surface area contributed by atoms with E-state index in [9.17, 15) is 40.9 Å². The van der Waals surface area contributed by atoms with Gasteiger partial charge in [0.25, 0.3) is 0 Å². The quantitative estimate of drug-likeness (QED) is 0.115. The summed E-state index contributed by atoms with van der Waals surface area (Å²) in [6, 6.07) is 30.5. The van der Waals surface area contributed by atoms with E-state index in [-0.39, 0.29) is 61.8 Å². The highest BCUT2D eigenvalue weighted by Crippen LogP contribution is 2.57. The fourth-order valence-corrected chi connectivity index (χ4v) is 11.4. The number of benzene rings is 6. The Balaban J connectivity index is 0.856. The number of aromatic hydroxyl groups is 2. The van der Waals surface area contributed by atoms with Gasteiger partial charge in [-0.3, -0.25) is 23.6 Å². The highest BCUT2D eigenvalue weighted by molar-refractivity contribution is 6.04. The standard InChI is InChI=1S/C58H48F8N4O6/c59-25-32-28-68(29-32)17-19-73-40-11-3-35(4-12-40)55-52-44-16-8-39(72)24-48(44)70-31-33(26-60)30-69(56(70)53(52)45-14-6-37(58(64,65)66)22-50(45)76-55)18-20-74-41-9-1-34(2-10-41)54-51-43-15-7-38(71)23-47(43)67-27-46(51)42-13-5-36(57(61,62)63)21-49(42)75-54/h1-16,21-24,27,32-33,54-56,71-72H,17-20,25-26,28-31H2. The smallest absolute Gasteiger partial charge is 0.416 e. The first kappa shape index (κ1) is 49.3. The van der Waals surface area contributed by atoms with Gasteiger partial charge in [-0.05, 0) is 90.0 Å². The van der Waals surface area contributed by atoms with E-state index in [4.69, 9.17) is 18.9 Å². The van der Waals surface area contributed by atoms with Crippen molar-refractivity contribution in [3.8, 4) is 45.6 Å². The van der Waals surface area contributed by atoms with Crippen LogP contribution in [0.4, 0.5) is 40.8 Å². The Hall–Kier alpha value is -7.57. The van der Waals surface area contributed by atoms with Gasteiger partial charge in [-0.1, -0.05) is 30.3 Å². The van der Waals surface area contributed by atoms with Crippen molar-refractivity contribution in [3.05, 3.63) is 166 Å². The van der Waals surface area contributed by atoms with Crippen molar-refractivity contribution in [2.45, 2.75) is 30.7 Å². The first-order chi connectivity index (χ1) is 36.6. The third kappa shape index (κ3) is 9.03. The summed E-state index contributed by atoms with van der Waals surface area (Å²) in [5.74, 6) is 0.553. The van der Waals surface area contributed by atoms with Crippen LogP contribution in [-0.4, -0.2) is 97.0 Å². The van der Waals surface area contributed by atoms with Crippen molar-refractivity contribution >= 4 is 27.7 Å². The number of pyridine rings is 1. The Labute approximate surface area is 430 Å². The second kappa shape index (κ2) is 19.2. The van der Waals surface area contributed by atoms with Crippen LogP contribution in [-0.2, 0) is 12.4 Å². The molecule has 6 heterocycles. The van der Waals surface area contributed by atoms with Crippen LogP contribution in [0.2, 0.25) is 0 Å². The van der Waals surface area contributed by atoms with Gasteiger partial charge >= 0.3 is 12.4 Å². The minimum absolute atomic E-state index is 0.00805. The molecule has 18 heteroatoms. The number of rotatable bonds is 12. The normalized spacial score (nSPS) is 20.3. The average Bonchev–Trinajstić information content (AvgIpc) is 3.54. The Kier molecular flexibility index (Phi) is 12.5. The summed E-state index contributed by atoms with van der Waals surface area (Å²) >= 11 is 0. The number of hydrogen-bond donors (Lipinski definition) is 2. The largest absolute Gasteiger partial charge is 0.508 e. The molecule has 76 heavy (non-hydrogen) atoms. The van der Waals surface area contributed by atoms with E-state index in [2.05, 4.69) is 9.88 Å². The predicted octanol–water partition coefficient (Wildman–Crippen LogP) is 12.3. The SMILES string of the molecule is Oc1ccc2c(c1)N1CC(CF)CN(CCOc3ccc(C4Oc5cc(C(F)(F)F)ccc5-c5cnc6cc(O)ccc6c54)cc3)C1C1=C2C(c2ccc(OCCN3CC(CF)C3)cc2)Oc2cc(C(F)(F)F)ccc21. The van der Waals surface area contributed by atoms with Crippen LogP contribution in [0.15, 0.2) is 128 Å². The molecule has 0 spiro atoms. The Morgan fingerprint density at radius 1 is 0.566 bits per heavy atom. The van der Waals surface area contributed by atoms with Crippen LogP contribution in [0.3, 0.4) is 0 Å². The number of phenolic OH excluding ortho intramolecular Hbond substituents is 2. The molecule has 0 saturated carbocycles. The monoisotopic (exact) mass is 1050 g/mol. The first-order valence-electron chi connectivity index (χ1n) is 24.9. The lowest BCUT2D eigenvalue weighted by Gasteiger charge is -2.53. The molecule has 1 aromatic heterocycles. The van der Waals surface area contributed by atoms with E-state index in [1.165, 1.54) is 30.3 Å². The molecule has 7 aromatic rings. The number of fused-ring (bicyclic) bond motifs is 12. The number of anilines is 1. The summed E-state index contributed by atoms with van der Waals surface area (Å²) in [4.78, 5) is 10.7. The minimum atomic E-state index is -4.68. The highest BCUT2D eigenvalue weighted by atomic mass is 19.4. The molecular weight excluding hydrogens is 1000 g/mol. The molecular formula is C58H48F8N4O6. The zero-order chi connectivity index (χ0) is 52.6. The number of alkyl halides is 8. The van der Waals surface area contributed by atoms with Crippen molar-refractivity contribution in [2.24, 2.45) is 11.8 Å². The third-order valence-electron chi connectivity index (χ3n) is 15.0. The van der Waals surface area contributed by atoms with Crippen molar-refractivity contribution in [2.75, 3.05) is 70.7 Å². The van der Waals surface area contributed by atoms with Crippen LogP contribution in [0.1, 0.15) is 51.2 Å². The maximum atomic E-state index is 15.0. The fourth-order valence-electron chi connectivity index (χ4n) is 11.4. The second-order valence-electron chi connectivity index (χ2n) is 19.9. The third-order valence-corrected chi connectivity index (χ3v) is 15.0. The molecule has 4 unspecified atom stereocenters. The van der Waals surface area contributed by atoms with Crippen molar-refractivity contribution < 1.29 is 64.3 Å². The van der Waals surface area contributed by atoms with Crippen molar-refractivity contribution in [1.29, 1.82) is 0 Å². The molecule has 10 nitrogen and oxygen atoms in total. The van der Waals surface area contributed by atoms with E-state index < -0.39 is 54.4 Å². The van der Waals surface area contributed by atoms with Gasteiger partial charge in [-0.25, -0.2) is 0 Å². The number of aromatic nitrogens is 1. The molecule has 392 valence electrons. The van der Waals surface area contributed by atoms with Gasteiger partial charge < -0.3 is 34.1 Å². The number of hydrogen-bond acceptors (Lipinski definition) is 10. The zero-order valence-electron chi connectivity index (χ0n) is 40.4. The summed E-state index contributed by atoms with van der Waals surface area (Å²) in [6.45, 7) is 2.10. The number of likely N-dealkylation sites (tertiary alicyclic amines) is 1. The molecule has 0 radical (unpaired) electrons. The van der Waals surface area contributed by atoms with Crippen molar-refractivity contribution in [3.63, 3.8) is 0 Å². The number of halogens is 8. The second-order valence-corrected chi connectivity index (χ2v) is 19.9. The van der Waals surface area contributed by atoms with Crippen LogP contribution in [0, 0.1) is 11.8 Å². The molecule has 6 aromatic carbocycles. The lowest BCUT2D eigenvalue weighted by Crippen LogP contribution is -2.60. The van der Waals surface area contributed by atoms with Gasteiger partial charge in [-0.2, -0.15) is 26.3 Å². The molecule has 2 fully saturated rings. The lowest BCUT2D eigenvalue weighted by molar-refractivity contribution is -0.138. The van der Waals surface area contributed by atoms with Gasteiger partial charge in [0.05, 0.1) is 30.0 Å². The summed E-state index contributed by atoms with van der Waals surface area (Å²) in [5, 5.41) is 21.9. The van der Waals surface area contributed by atoms with Gasteiger partial charge in [-0.15, -0.1) is 0 Å². The summed E-state index contributed by atoms with van der Waals surface area (Å²) in [7, 11) is 0. The van der Waals surface area contributed by atoms with Crippen molar-refractivity contribution in [1.82, 2.24) is 14.8 Å². The molecule has 5 aliphatic heterocycles. The molecule has 0 amide bonds. The number of phenols is 2. The Bertz CT molecular complexity index is 3380. The van der Waals surface area contributed by atoms with E-state index in [0.717, 1.165) is 24.3 Å². The van der Waals surface area contributed by atoms with E-state index >= 15 is 4.39 Å². The Morgan fingerprint density at radius 3 is 1.79 bits per heavy atom. The summed E-state index contributed by atoms with van der Waals surface area (Å²) < 4.78 is 138. The topological polar surface area (TPSA) is 100.0 Å². The highest BCUT2D eigenvalue weighted by Gasteiger charge is 2.48. The number of ether oxygens (including phenoxy) is 4. The molecule has 0 bridgehead atoms. The van der Waals surface area contributed by atoms with E-state index in [1.54, 1.807) is 60.8 Å². The van der Waals surface area contributed by atoms with Crippen LogP contribution >= 0.6 is 0 Å². The van der Waals surface area contributed by atoms with E-state index in [1.807, 2.05) is 21.9 Å². The van der Waals surface area contributed by atoms with Crippen LogP contribution < -0.4 is 23.8 Å². The van der Waals surface area contributed by atoms with Crippen LogP contribution in [0.25, 0.3) is 33.2 Å². The van der Waals surface area contributed by atoms with E-state index in [0.29, 0.717) is 104 Å². The zero-order valence-corrected chi connectivity index (χ0v) is 40.4. The lowest BCUT2D eigenvalue weighted by atomic mass is 9.78. The fraction of sp³-hybridized carbons (Fsp3) is 0.293. The predicted molar refractivity (Wildman–Crippen MR) is 268 cm³/mol. The summed E-state index contributed by atoms with van der Waals surface area (Å²) in [5.41, 5.74) is 4.60. The number of nitrogens with zero attached hydrogens (tertiary/aromatic N) is 4. The average molecular weight is 1050 g/mol. The maximum Gasteiger partial charge on any atom is 0.416 e. The van der Waals surface area contributed by atoms with Crippen LogP contribution in [0.5, 0.6) is 34.5 Å². The maximum absolute atomic E-state index is 15.0. The minimum Gasteiger partial charge on any atom is -0.508 e. The molecule has 0 aliphatic carbocycles. The molecule has 2 N–H and O–H groups in total. The van der Waals surface area contributed by atoms with Gasteiger partial charge in [0, 0.05) is 119 Å².